The number of aromatic nitrogens is 1. The summed E-state index contributed by atoms with van der Waals surface area (Å²) < 4.78 is 5.37. The summed E-state index contributed by atoms with van der Waals surface area (Å²) >= 11 is 0. The number of fused-ring (bicyclic) bond motifs is 1. The van der Waals surface area contributed by atoms with E-state index in [4.69, 9.17) is 4.74 Å². The predicted molar refractivity (Wildman–Crippen MR) is 95.8 cm³/mol. The average Bonchev–Trinajstić information content (AvgIpc) is 2.73. The number of rotatable bonds is 2. The zero-order chi connectivity index (χ0) is 18.9. The largest absolute Gasteiger partial charge is 0.378 e. The molecule has 3 amide bonds. The van der Waals surface area contributed by atoms with Gasteiger partial charge in [0, 0.05) is 44.8 Å². The molecule has 1 N–H and O–H groups in total. The lowest BCUT2D eigenvalue weighted by atomic mass is 9.68. The average molecular weight is 372 g/mol. The second-order valence-electron chi connectivity index (χ2n) is 7.41. The van der Waals surface area contributed by atoms with E-state index in [0.29, 0.717) is 64.3 Å². The smallest absolute Gasteiger partial charge is 0.272 e. The summed E-state index contributed by atoms with van der Waals surface area (Å²) in [4.78, 5) is 46.0. The van der Waals surface area contributed by atoms with Crippen LogP contribution in [-0.2, 0) is 14.3 Å². The third-order valence-electron chi connectivity index (χ3n) is 5.86. The molecule has 0 saturated carbocycles. The highest BCUT2D eigenvalue weighted by Gasteiger charge is 2.54. The first-order valence-electron chi connectivity index (χ1n) is 9.47. The van der Waals surface area contributed by atoms with Gasteiger partial charge < -0.3 is 19.9 Å². The Kier molecular flexibility index (Phi) is 4.82. The number of nitrogens with zero attached hydrogens (tertiary/aromatic N) is 3. The minimum atomic E-state index is -0.770. The number of hydrogen-bond acceptors (Lipinski definition) is 5. The van der Waals surface area contributed by atoms with E-state index >= 15 is 0 Å². The molecule has 4 rings (SSSR count). The topological polar surface area (TPSA) is 91.8 Å². The Morgan fingerprint density at radius 3 is 2.74 bits per heavy atom. The van der Waals surface area contributed by atoms with E-state index in [1.807, 2.05) is 4.90 Å². The molecule has 0 unspecified atom stereocenters. The van der Waals surface area contributed by atoms with Gasteiger partial charge in [0.15, 0.2) is 0 Å². The number of amides is 3. The zero-order valence-electron chi connectivity index (χ0n) is 15.2. The van der Waals surface area contributed by atoms with Crippen LogP contribution in [0.1, 0.15) is 29.8 Å². The molecule has 0 spiro atoms. The van der Waals surface area contributed by atoms with Gasteiger partial charge in [-0.2, -0.15) is 0 Å². The minimum Gasteiger partial charge on any atom is -0.378 e. The first-order valence-corrected chi connectivity index (χ1v) is 9.47. The molecule has 144 valence electrons. The van der Waals surface area contributed by atoms with Crippen molar-refractivity contribution in [3.63, 3.8) is 0 Å². The van der Waals surface area contributed by atoms with E-state index in [9.17, 15) is 14.4 Å². The summed E-state index contributed by atoms with van der Waals surface area (Å²) in [6, 6.07) is 5.00. The lowest BCUT2D eigenvalue weighted by molar-refractivity contribution is -0.155. The molecule has 8 nitrogen and oxygen atoms in total. The highest BCUT2D eigenvalue weighted by Crippen LogP contribution is 2.40. The second-order valence-corrected chi connectivity index (χ2v) is 7.41. The van der Waals surface area contributed by atoms with Crippen molar-refractivity contribution in [3.05, 3.63) is 30.1 Å². The van der Waals surface area contributed by atoms with Crippen molar-refractivity contribution >= 4 is 17.7 Å². The van der Waals surface area contributed by atoms with Crippen molar-refractivity contribution in [2.24, 2.45) is 5.41 Å². The lowest BCUT2D eigenvalue weighted by Gasteiger charge is -2.51. The Labute approximate surface area is 157 Å². The first-order chi connectivity index (χ1) is 13.1. The summed E-state index contributed by atoms with van der Waals surface area (Å²) in [5.74, 6) is -0.163. The van der Waals surface area contributed by atoms with Crippen molar-refractivity contribution < 1.29 is 19.1 Å². The van der Waals surface area contributed by atoms with Crippen LogP contribution in [0.3, 0.4) is 0 Å². The number of likely N-dealkylation sites (tertiary alicyclic amines) is 1. The van der Waals surface area contributed by atoms with Crippen LogP contribution in [0.15, 0.2) is 24.4 Å². The summed E-state index contributed by atoms with van der Waals surface area (Å²) in [5, 5.41) is 3.01. The molecular weight excluding hydrogens is 348 g/mol. The third kappa shape index (κ3) is 3.29. The number of carbonyl (C=O) groups excluding carboxylic acids is 3. The van der Waals surface area contributed by atoms with E-state index in [0.717, 1.165) is 0 Å². The quantitative estimate of drug-likeness (QED) is 0.792. The van der Waals surface area contributed by atoms with Crippen LogP contribution >= 0.6 is 0 Å². The molecule has 1 aromatic heterocycles. The Bertz CT molecular complexity index is 734. The zero-order valence-corrected chi connectivity index (χ0v) is 15.2. The van der Waals surface area contributed by atoms with Crippen molar-refractivity contribution in [2.75, 3.05) is 39.4 Å². The SMILES string of the molecule is O=C1CC[C@]2(C(=O)N3CCOCC3)CN(C(=O)c3ccccn3)CC[C@H]2N1. The minimum absolute atomic E-state index is 0.0186. The third-order valence-corrected chi connectivity index (χ3v) is 5.86. The molecule has 3 aliphatic heterocycles. The van der Waals surface area contributed by atoms with Gasteiger partial charge in [-0.05, 0) is 25.0 Å². The number of ether oxygens (including phenoxy) is 1. The maximum absolute atomic E-state index is 13.5. The molecular formula is C19H24N4O4. The molecule has 4 heterocycles. The van der Waals surface area contributed by atoms with Gasteiger partial charge in [-0.25, -0.2) is 0 Å². The molecule has 2 atom stereocenters. The standard InChI is InChI=1S/C19H24N4O4/c24-16-4-6-19(18(26)22-9-11-27-12-10-22)13-23(8-5-15(19)21-16)17(25)14-3-1-2-7-20-14/h1-3,7,15H,4-6,8-13H2,(H,21,24)/t15-,19+/m1/s1. The highest BCUT2D eigenvalue weighted by molar-refractivity contribution is 5.94. The highest BCUT2D eigenvalue weighted by atomic mass is 16.5. The van der Waals surface area contributed by atoms with Crippen LogP contribution in [0, 0.1) is 5.41 Å². The van der Waals surface area contributed by atoms with Gasteiger partial charge in [0.05, 0.1) is 18.6 Å². The van der Waals surface area contributed by atoms with Gasteiger partial charge in [-0.3, -0.25) is 19.4 Å². The van der Waals surface area contributed by atoms with E-state index in [1.54, 1.807) is 29.3 Å². The van der Waals surface area contributed by atoms with Gasteiger partial charge in [-0.15, -0.1) is 0 Å². The monoisotopic (exact) mass is 372 g/mol. The van der Waals surface area contributed by atoms with Gasteiger partial charge in [0.25, 0.3) is 5.91 Å². The van der Waals surface area contributed by atoms with Crippen LogP contribution in [0.25, 0.3) is 0 Å². The maximum atomic E-state index is 13.5. The molecule has 1 aromatic rings. The summed E-state index contributed by atoms with van der Waals surface area (Å²) in [6.45, 7) is 2.96. The van der Waals surface area contributed by atoms with E-state index < -0.39 is 5.41 Å². The molecule has 0 aliphatic carbocycles. The molecule has 8 heteroatoms. The van der Waals surface area contributed by atoms with Crippen LogP contribution < -0.4 is 5.32 Å². The fraction of sp³-hybridized carbons (Fsp3) is 0.579. The predicted octanol–water partition coefficient (Wildman–Crippen LogP) is 0.0513. The molecule has 27 heavy (non-hydrogen) atoms. The van der Waals surface area contributed by atoms with Gasteiger partial charge in [0.1, 0.15) is 5.69 Å². The second kappa shape index (κ2) is 7.26. The number of pyridine rings is 1. The normalized spacial score (nSPS) is 28.3. The van der Waals surface area contributed by atoms with Gasteiger partial charge >= 0.3 is 0 Å². The molecule has 3 saturated heterocycles. The van der Waals surface area contributed by atoms with E-state index in [-0.39, 0.29) is 23.8 Å². The van der Waals surface area contributed by atoms with Crippen LogP contribution in [0.2, 0.25) is 0 Å². The van der Waals surface area contributed by atoms with Crippen LogP contribution in [0.4, 0.5) is 0 Å². The molecule has 3 aliphatic rings. The number of morpholine rings is 1. The Morgan fingerprint density at radius 2 is 2.00 bits per heavy atom. The van der Waals surface area contributed by atoms with Crippen molar-refractivity contribution in [1.82, 2.24) is 20.1 Å². The maximum Gasteiger partial charge on any atom is 0.272 e. The molecule has 0 bridgehead atoms. The summed E-state index contributed by atoms with van der Waals surface area (Å²) in [6.07, 6.45) is 2.93. The Balaban J connectivity index is 1.60. The number of nitrogens with one attached hydrogen (secondary N) is 1. The van der Waals surface area contributed by atoms with Gasteiger partial charge in [-0.1, -0.05) is 6.07 Å². The number of hydrogen-bond donors (Lipinski definition) is 1. The van der Waals surface area contributed by atoms with Crippen molar-refractivity contribution in [1.29, 1.82) is 0 Å². The number of carbonyl (C=O) groups is 3. The lowest BCUT2D eigenvalue weighted by Crippen LogP contribution is -2.67. The van der Waals surface area contributed by atoms with Crippen LogP contribution in [-0.4, -0.2) is 77.9 Å². The van der Waals surface area contributed by atoms with Crippen LogP contribution in [0.5, 0.6) is 0 Å². The molecule has 0 radical (unpaired) electrons. The van der Waals surface area contributed by atoms with E-state index in [1.165, 1.54) is 0 Å². The summed E-state index contributed by atoms with van der Waals surface area (Å²) in [7, 11) is 0. The first kappa shape index (κ1) is 17.9. The Morgan fingerprint density at radius 1 is 1.19 bits per heavy atom. The molecule has 3 fully saturated rings. The van der Waals surface area contributed by atoms with Crippen molar-refractivity contribution in [3.8, 4) is 0 Å². The van der Waals surface area contributed by atoms with Gasteiger partial charge in [0.2, 0.25) is 11.8 Å². The fourth-order valence-corrected chi connectivity index (χ4v) is 4.39. The Hall–Kier alpha value is -2.48. The molecule has 0 aromatic carbocycles. The number of piperidine rings is 2. The summed E-state index contributed by atoms with van der Waals surface area (Å²) in [5.41, 5.74) is -0.390. The fourth-order valence-electron chi connectivity index (χ4n) is 4.39. The van der Waals surface area contributed by atoms with Crippen molar-refractivity contribution in [2.45, 2.75) is 25.3 Å². The van der Waals surface area contributed by atoms with E-state index in [2.05, 4.69) is 10.3 Å².